The summed E-state index contributed by atoms with van der Waals surface area (Å²) in [6.45, 7) is 0.423. The van der Waals surface area contributed by atoms with Crippen molar-refractivity contribution in [2.75, 3.05) is 13.1 Å². The SMILES string of the molecule is NC(=O)C[C@H](NC(=O)[C@@H](N)CCCN=C(N)N)C(=O)N[C@@H](CCCN=C(N)N)C(=O)O. The molecule has 31 heavy (non-hydrogen) atoms. The lowest BCUT2D eigenvalue weighted by Crippen LogP contribution is -2.55. The highest BCUT2D eigenvalue weighted by atomic mass is 16.4. The topological polar surface area (TPSA) is 293 Å². The number of carboxylic acid groups (broad SMARTS) is 1. The van der Waals surface area contributed by atoms with Crippen molar-refractivity contribution in [3.8, 4) is 0 Å². The molecule has 0 bridgehead atoms. The number of rotatable bonds is 15. The van der Waals surface area contributed by atoms with E-state index in [2.05, 4.69) is 20.6 Å². The lowest BCUT2D eigenvalue weighted by atomic mass is 10.1. The third-order valence-electron chi connectivity index (χ3n) is 3.90. The Morgan fingerprint density at radius 2 is 1.26 bits per heavy atom. The summed E-state index contributed by atoms with van der Waals surface area (Å²) < 4.78 is 0. The molecule has 0 rings (SSSR count). The smallest absolute Gasteiger partial charge is 0.326 e. The monoisotopic (exact) mass is 444 g/mol. The normalized spacial score (nSPS) is 13.2. The van der Waals surface area contributed by atoms with Gasteiger partial charge in [-0.3, -0.25) is 24.4 Å². The van der Waals surface area contributed by atoms with Gasteiger partial charge in [-0.15, -0.1) is 0 Å². The van der Waals surface area contributed by atoms with Gasteiger partial charge in [-0.05, 0) is 25.7 Å². The highest BCUT2D eigenvalue weighted by Gasteiger charge is 2.28. The Hall–Kier alpha value is -3.62. The number of amides is 3. The molecule has 0 aliphatic rings. The Morgan fingerprint density at radius 3 is 1.71 bits per heavy atom. The van der Waals surface area contributed by atoms with Crippen LogP contribution in [0.2, 0.25) is 0 Å². The van der Waals surface area contributed by atoms with Gasteiger partial charge in [-0.2, -0.15) is 0 Å². The van der Waals surface area contributed by atoms with Gasteiger partial charge in [0.1, 0.15) is 12.1 Å². The van der Waals surface area contributed by atoms with Gasteiger partial charge in [0.15, 0.2) is 11.9 Å². The van der Waals surface area contributed by atoms with Crippen LogP contribution < -0.4 is 45.0 Å². The molecule has 3 amide bonds. The average Bonchev–Trinajstić information content (AvgIpc) is 2.65. The number of aliphatic imine (C=N–C) groups is 2. The molecule has 176 valence electrons. The molecule has 0 aromatic heterocycles. The minimum Gasteiger partial charge on any atom is -0.480 e. The van der Waals surface area contributed by atoms with E-state index in [1.807, 2.05) is 0 Å². The number of nitrogens with zero attached hydrogens (tertiary/aromatic N) is 2. The number of carbonyl (C=O) groups is 4. The van der Waals surface area contributed by atoms with E-state index in [1.165, 1.54) is 0 Å². The van der Waals surface area contributed by atoms with Gasteiger partial charge < -0.3 is 50.1 Å². The van der Waals surface area contributed by atoms with Crippen LogP contribution in [0.1, 0.15) is 32.1 Å². The minimum atomic E-state index is -1.40. The first-order valence-corrected chi connectivity index (χ1v) is 9.42. The van der Waals surface area contributed by atoms with E-state index in [1.54, 1.807) is 0 Å². The van der Waals surface area contributed by atoms with E-state index >= 15 is 0 Å². The predicted octanol–water partition coefficient (Wildman–Crippen LogP) is -4.65. The summed E-state index contributed by atoms with van der Waals surface area (Å²) in [5.74, 6) is -4.03. The summed E-state index contributed by atoms with van der Waals surface area (Å²) in [5, 5.41) is 13.9. The Bertz CT molecular complexity index is 688. The van der Waals surface area contributed by atoms with Crippen molar-refractivity contribution in [3.63, 3.8) is 0 Å². The number of carboxylic acids is 1. The van der Waals surface area contributed by atoms with Crippen molar-refractivity contribution in [3.05, 3.63) is 0 Å². The first kappa shape index (κ1) is 27.4. The Labute approximate surface area is 179 Å². The summed E-state index contributed by atoms with van der Waals surface area (Å²) in [7, 11) is 0. The van der Waals surface area contributed by atoms with Crippen LogP contribution >= 0.6 is 0 Å². The Kier molecular flexibility index (Phi) is 12.7. The zero-order chi connectivity index (χ0) is 24.0. The van der Waals surface area contributed by atoms with E-state index in [9.17, 15) is 24.3 Å². The lowest BCUT2D eigenvalue weighted by molar-refractivity contribution is -0.142. The fraction of sp³-hybridized carbons (Fsp3) is 0.625. The van der Waals surface area contributed by atoms with Crippen LogP contribution in [0.3, 0.4) is 0 Å². The third-order valence-corrected chi connectivity index (χ3v) is 3.90. The van der Waals surface area contributed by atoms with E-state index in [4.69, 9.17) is 34.4 Å². The van der Waals surface area contributed by atoms with Crippen molar-refractivity contribution in [1.29, 1.82) is 0 Å². The molecule has 15 heteroatoms. The quantitative estimate of drug-likeness (QED) is 0.0660. The van der Waals surface area contributed by atoms with Crippen molar-refractivity contribution >= 4 is 35.6 Å². The zero-order valence-corrected chi connectivity index (χ0v) is 17.1. The van der Waals surface area contributed by atoms with Crippen LogP contribution in [-0.4, -0.2) is 71.9 Å². The molecule has 0 aromatic carbocycles. The first-order chi connectivity index (χ1) is 14.4. The van der Waals surface area contributed by atoms with Crippen molar-refractivity contribution in [2.45, 2.75) is 50.2 Å². The molecule has 0 aliphatic carbocycles. The molecule has 0 aromatic rings. The van der Waals surface area contributed by atoms with Gasteiger partial charge in [0.25, 0.3) is 0 Å². The second-order valence-electron chi connectivity index (χ2n) is 6.64. The standard InChI is InChI=1S/C16H32N10O5/c17-8(3-1-5-23-15(19)20)12(28)26-10(7-11(18)27)13(29)25-9(14(30)31)4-2-6-24-16(21)22/h8-10H,1-7,17H2,(H2,18,27)(H,25,29)(H,26,28)(H,30,31)(H4,19,20,23)(H4,21,22,24)/t8-,9-,10-/m0/s1. The van der Waals surface area contributed by atoms with E-state index in [-0.39, 0.29) is 44.3 Å². The number of aliphatic carboxylic acids is 1. The van der Waals surface area contributed by atoms with E-state index < -0.39 is 48.2 Å². The van der Waals surface area contributed by atoms with Crippen LogP contribution in [-0.2, 0) is 19.2 Å². The number of guanidine groups is 2. The maximum absolute atomic E-state index is 12.5. The molecular formula is C16H32N10O5. The number of hydrogen-bond acceptors (Lipinski definition) is 7. The van der Waals surface area contributed by atoms with Crippen LogP contribution in [0.4, 0.5) is 0 Å². The number of carbonyl (C=O) groups excluding carboxylic acids is 3. The highest BCUT2D eigenvalue weighted by molar-refractivity contribution is 5.94. The van der Waals surface area contributed by atoms with Crippen LogP contribution in [0, 0.1) is 0 Å². The van der Waals surface area contributed by atoms with Gasteiger partial charge in [0, 0.05) is 13.1 Å². The summed E-state index contributed by atoms with van der Waals surface area (Å²) >= 11 is 0. The van der Waals surface area contributed by atoms with E-state index in [0.29, 0.717) is 6.42 Å². The van der Waals surface area contributed by atoms with Crippen molar-refractivity contribution in [1.82, 2.24) is 10.6 Å². The van der Waals surface area contributed by atoms with Crippen LogP contribution in [0.15, 0.2) is 9.98 Å². The number of primary amides is 1. The average molecular weight is 444 g/mol. The van der Waals surface area contributed by atoms with Gasteiger partial charge in [0.05, 0.1) is 12.5 Å². The largest absolute Gasteiger partial charge is 0.480 e. The van der Waals surface area contributed by atoms with Gasteiger partial charge in [-0.1, -0.05) is 0 Å². The molecule has 3 atom stereocenters. The maximum atomic E-state index is 12.5. The van der Waals surface area contributed by atoms with Crippen molar-refractivity contribution < 1.29 is 24.3 Å². The molecule has 0 saturated carbocycles. The van der Waals surface area contributed by atoms with Crippen molar-refractivity contribution in [2.24, 2.45) is 44.4 Å². The second-order valence-corrected chi connectivity index (χ2v) is 6.64. The lowest BCUT2D eigenvalue weighted by Gasteiger charge is -2.22. The zero-order valence-electron chi connectivity index (χ0n) is 17.1. The maximum Gasteiger partial charge on any atom is 0.326 e. The second kappa shape index (κ2) is 14.4. The molecule has 0 saturated heterocycles. The fourth-order valence-electron chi connectivity index (χ4n) is 2.37. The number of nitrogens with two attached hydrogens (primary N) is 6. The molecule has 0 heterocycles. The van der Waals surface area contributed by atoms with E-state index in [0.717, 1.165) is 0 Å². The molecule has 0 radical (unpaired) electrons. The molecule has 0 fully saturated rings. The number of hydrogen-bond donors (Lipinski definition) is 9. The Balaban J connectivity index is 4.94. The molecule has 0 unspecified atom stereocenters. The molecular weight excluding hydrogens is 412 g/mol. The Morgan fingerprint density at radius 1 is 0.774 bits per heavy atom. The molecule has 15 N–H and O–H groups in total. The molecule has 0 spiro atoms. The van der Waals surface area contributed by atoms with Crippen LogP contribution in [0.25, 0.3) is 0 Å². The number of nitrogens with one attached hydrogen (secondary N) is 2. The van der Waals surface area contributed by atoms with Gasteiger partial charge in [-0.25, -0.2) is 4.79 Å². The molecule has 0 aliphatic heterocycles. The minimum absolute atomic E-state index is 0.0133. The first-order valence-electron chi connectivity index (χ1n) is 9.42. The fourth-order valence-corrected chi connectivity index (χ4v) is 2.37. The highest BCUT2D eigenvalue weighted by Crippen LogP contribution is 2.03. The summed E-state index contributed by atoms with van der Waals surface area (Å²) in [6, 6.07) is -3.69. The summed E-state index contributed by atoms with van der Waals surface area (Å²) in [5.41, 5.74) is 31.7. The summed E-state index contributed by atoms with van der Waals surface area (Å²) in [6.07, 6.45) is 0.340. The van der Waals surface area contributed by atoms with Gasteiger partial charge in [0.2, 0.25) is 17.7 Å². The summed E-state index contributed by atoms with van der Waals surface area (Å²) in [4.78, 5) is 54.9. The van der Waals surface area contributed by atoms with Gasteiger partial charge >= 0.3 is 5.97 Å². The molecule has 15 nitrogen and oxygen atoms in total. The third kappa shape index (κ3) is 13.3. The van der Waals surface area contributed by atoms with Crippen LogP contribution in [0.5, 0.6) is 0 Å². The predicted molar refractivity (Wildman–Crippen MR) is 113 cm³/mol.